The summed E-state index contributed by atoms with van der Waals surface area (Å²) in [7, 11) is 0. The van der Waals surface area contributed by atoms with Crippen molar-refractivity contribution in [2.24, 2.45) is 11.8 Å². The van der Waals surface area contributed by atoms with Crippen molar-refractivity contribution in [1.82, 2.24) is 8.97 Å². The van der Waals surface area contributed by atoms with E-state index in [0.29, 0.717) is 17.8 Å². The van der Waals surface area contributed by atoms with Gasteiger partial charge >= 0.3 is 0 Å². The van der Waals surface area contributed by atoms with Crippen molar-refractivity contribution in [3.8, 4) is 6.07 Å². The summed E-state index contributed by atoms with van der Waals surface area (Å²) >= 11 is 0. The highest BCUT2D eigenvalue weighted by Gasteiger charge is 2.39. The van der Waals surface area contributed by atoms with Crippen LogP contribution in [0.15, 0.2) is 120 Å². The Hall–Kier alpha value is -7.28. The molecule has 0 radical (unpaired) electrons. The first-order valence-corrected chi connectivity index (χ1v) is 25.1. The lowest BCUT2D eigenvalue weighted by Gasteiger charge is -2.36. The minimum Gasteiger partial charge on any atom is -0.334 e. The van der Waals surface area contributed by atoms with E-state index in [4.69, 9.17) is 6.57 Å². The molecule has 13 rings (SSSR count). The molecule has 0 saturated heterocycles. The van der Waals surface area contributed by atoms with Crippen molar-refractivity contribution in [3.63, 3.8) is 0 Å². The molecule has 6 aliphatic carbocycles. The monoisotopic (exact) mass is 884 g/mol. The maximum absolute atomic E-state index is 9.80. The van der Waals surface area contributed by atoms with Crippen LogP contribution in [0.1, 0.15) is 107 Å². The van der Waals surface area contributed by atoms with Gasteiger partial charge in [-0.3, -0.25) is 0 Å². The number of allylic oxidation sites excluding steroid dienone is 7. The van der Waals surface area contributed by atoms with E-state index in [1.54, 1.807) is 0 Å². The Morgan fingerprint density at radius 1 is 0.706 bits per heavy atom. The maximum atomic E-state index is 9.80. The quantitative estimate of drug-likeness (QED) is 0.143. The highest BCUT2D eigenvalue weighted by Crippen LogP contribution is 2.51. The summed E-state index contributed by atoms with van der Waals surface area (Å²) < 4.78 is 5.32. The summed E-state index contributed by atoms with van der Waals surface area (Å²) in [6, 6.07) is 21.5. The Labute approximate surface area is 398 Å². The molecule has 6 nitrogen and oxygen atoms in total. The first-order valence-electron chi connectivity index (χ1n) is 25.1. The summed E-state index contributed by atoms with van der Waals surface area (Å²) in [5, 5.41) is 19.2. The van der Waals surface area contributed by atoms with Crippen LogP contribution < -0.4 is 30.9 Å². The predicted octanol–water partition coefficient (Wildman–Crippen LogP) is 11.9. The van der Waals surface area contributed by atoms with Crippen LogP contribution in [0.25, 0.3) is 68.1 Å². The molecule has 7 aliphatic rings. The zero-order chi connectivity index (χ0) is 45.9. The highest BCUT2D eigenvalue weighted by molar-refractivity contribution is 6.12. The molecule has 3 aromatic heterocycles. The Morgan fingerprint density at radius 3 is 2.10 bits per heavy atom. The van der Waals surface area contributed by atoms with Gasteiger partial charge in [-0.15, -0.1) is 0 Å². The lowest BCUT2D eigenvalue weighted by Crippen LogP contribution is -2.36. The smallest absolute Gasteiger partial charge is 0.183 e. The molecule has 4 unspecified atom stereocenters. The molecule has 6 aromatic rings. The molecular weight excluding hydrogens is 829 g/mol. The van der Waals surface area contributed by atoms with Crippen molar-refractivity contribution in [3.05, 3.63) is 175 Å². The van der Waals surface area contributed by atoms with Gasteiger partial charge in [-0.05, 0) is 116 Å². The summed E-state index contributed by atoms with van der Waals surface area (Å²) in [5.74, 6) is 1.80. The fourth-order valence-electron chi connectivity index (χ4n) is 12.8. The van der Waals surface area contributed by atoms with Gasteiger partial charge in [0.2, 0.25) is 0 Å². The van der Waals surface area contributed by atoms with E-state index < -0.39 is 0 Å². The molecular formula is C62H56N6. The van der Waals surface area contributed by atoms with Crippen LogP contribution in [0, 0.1) is 29.7 Å². The number of anilines is 3. The standard InChI is InChI=1S/C62H56N6/c1-37(2)40-16-24-44(25-17-40)65(43-22-14-39(36-63)15-23-43)55-32-30-47-51-34-58-52(35-57(51)67-53-12-8-6-10-49(53)59(55)61(47)67)48-31-33-56(60-50-11-7-9-13-54(50)68(58)62(48)60)66(46-28-20-42(64-5)21-29-46)45-26-18-41(19-27-45)38(3)4/h10-16,18-22,24-28,30-34,37-38,40,43,46,52H,6-9,17,23,29,35H2,1-4H3. The second kappa shape index (κ2) is 15.6. The third-order valence-corrected chi connectivity index (χ3v) is 16.3. The van der Waals surface area contributed by atoms with Gasteiger partial charge in [-0.25, -0.2) is 4.85 Å². The van der Waals surface area contributed by atoms with E-state index in [1.807, 2.05) is 12.2 Å². The number of nitrogens with zero attached hydrogens (tertiary/aromatic N) is 6. The molecule has 0 amide bonds. The number of hydrogen-bond acceptors (Lipinski definition) is 3. The number of aromatic nitrogens is 2. The molecule has 1 aliphatic heterocycles. The average Bonchev–Trinajstić information content (AvgIpc) is 4.11. The van der Waals surface area contributed by atoms with Gasteiger partial charge in [-0.1, -0.05) is 119 Å². The topological polar surface area (TPSA) is 44.0 Å². The molecule has 68 heavy (non-hydrogen) atoms. The Kier molecular flexibility index (Phi) is 9.42. The van der Waals surface area contributed by atoms with Gasteiger partial charge in [0.15, 0.2) is 5.70 Å². The first kappa shape index (κ1) is 41.0. The normalized spacial score (nSPS) is 21.9. The van der Waals surface area contributed by atoms with Crippen molar-refractivity contribution in [2.75, 3.05) is 9.80 Å². The molecule has 4 heterocycles. The Balaban J connectivity index is 1.00. The zero-order valence-corrected chi connectivity index (χ0v) is 39.5. The van der Waals surface area contributed by atoms with Crippen LogP contribution in [0.3, 0.4) is 0 Å². The van der Waals surface area contributed by atoms with Crippen LogP contribution >= 0.6 is 0 Å². The van der Waals surface area contributed by atoms with Gasteiger partial charge in [0.25, 0.3) is 0 Å². The Bertz CT molecular complexity index is 3740. The molecule has 334 valence electrons. The lowest BCUT2D eigenvalue weighted by atomic mass is 9.85. The van der Waals surface area contributed by atoms with Crippen molar-refractivity contribution in [1.29, 1.82) is 5.26 Å². The average molecular weight is 885 g/mol. The van der Waals surface area contributed by atoms with E-state index in [1.165, 1.54) is 99.2 Å². The summed E-state index contributed by atoms with van der Waals surface area (Å²) in [6.07, 6.45) is 40.2. The molecule has 0 spiro atoms. The number of rotatable bonds is 8. The number of hydrogen-bond donors (Lipinski definition) is 0. The first-order chi connectivity index (χ1) is 33.3. The van der Waals surface area contributed by atoms with Gasteiger partial charge in [0, 0.05) is 83.5 Å². The van der Waals surface area contributed by atoms with Crippen LogP contribution in [0.5, 0.6) is 0 Å². The number of fused-ring (bicyclic) bond motifs is 12. The molecule has 0 bridgehead atoms. The second-order valence-electron chi connectivity index (χ2n) is 20.6. The minimum atomic E-state index is 0.0782. The summed E-state index contributed by atoms with van der Waals surface area (Å²) in [5.41, 5.74) is 16.0. The second-order valence-corrected chi connectivity index (χ2v) is 20.6. The lowest BCUT2D eigenvalue weighted by molar-refractivity contribution is 0.465. The third kappa shape index (κ3) is 5.99. The van der Waals surface area contributed by atoms with Crippen LogP contribution in [0.4, 0.5) is 17.1 Å². The number of benzene rings is 3. The van der Waals surface area contributed by atoms with Crippen LogP contribution in [-0.2, 0) is 6.42 Å². The van der Waals surface area contributed by atoms with E-state index in [0.717, 1.165) is 62.6 Å². The van der Waals surface area contributed by atoms with E-state index >= 15 is 0 Å². The highest BCUT2D eigenvalue weighted by atomic mass is 15.2. The SMILES string of the molecule is [C-]#[N+]C1=CCC(N(c2ccc(C(C)C)cc2)c2ccc3c4c2c2c(n4C4=Cc5c(n6c7c(c8c(N(C9=CCC(C(C)C)C=C9)C9C=CC(C#N)=CC9)ccc5c86)=CCCC=7)CC43)=CCCC=2)C=C1. The van der Waals surface area contributed by atoms with Crippen molar-refractivity contribution >= 4 is 80.3 Å². The zero-order valence-electron chi connectivity index (χ0n) is 39.5. The van der Waals surface area contributed by atoms with Crippen LogP contribution in [0.2, 0.25) is 0 Å². The third-order valence-electron chi connectivity index (χ3n) is 16.3. The van der Waals surface area contributed by atoms with Crippen molar-refractivity contribution in [2.45, 2.75) is 103 Å². The molecule has 4 atom stereocenters. The molecule has 6 heteroatoms. The van der Waals surface area contributed by atoms with Gasteiger partial charge in [0.05, 0.1) is 47.1 Å². The molecule has 0 N–H and O–H groups in total. The fraction of sp³-hybridized carbons (Fsp3) is 0.290. The molecule has 0 fully saturated rings. The minimum absolute atomic E-state index is 0.0782. The molecule has 0 saturated carbocycles. The predicted molar refractivity (Wildman–Crippen MR) is 282 cm³/mol. The van der Waals surface area contributed by atoms with E-state index in [9.17, 15) is 5.26 Å². The maximum Gasteiger partial charge on any atom is 0.183 e. The van der Waals surface area contributed by atoms with Gasteiger partial charge in [-0.2, -0.15) is 5.26 Å². The van der Waals surface area contributed by atoms with Crippen LogP contribution in [-0.4, -0.2) is 21.1 Å². The molecule has 3 aromatic carbocycles. The van der Waals surface area contributed by atoms with E-state index in [2.05, 4.69) is 179 Å². The van der Waals surface area contributed by atoms with Gasteiger partial charge in [0.1, 0.15) is 0 Å². The number of nitriles is 1. The Morgan fingerprint density at radius 2 is 1.41 bits per heavy atom. The summed E-state index contributed by atoms with van der Waals surface area (Å²) in [4.78, 5) is 8.91. The van der Waals surface area contributed by atoms with Gasteiger partial charge < -0.3 is 18.8 Å². The van der Waals surface area contributed by atoms with E-state index in [-0.39, 0.29) is 18.0 Å². The summed E-state index contributed by atoms with van der Waals surface area (Å²) in [6.45, 7) is 16.9. The van der Waals surface area contributed by atoms with Crippen molar-refractivity contribution < 1.29 is 0 Å². The largest absolute Gasteiger partial charge is 0.334 e. The fourth-order valence-corrected chi connectivity index (χ4v) is 12.8.